The Labute approximate surface area is 123 Å². The molecule has 1 aromatic rings. The third-order valence-corrected chi connectivity index (χ3v) is 2.80. The monoisotopic (exact) mass is 279 g/mol. The van der Waals surface area contributed by atoms with Crippen LogP contribution >= 0.6 is 0 Å². The standard InChI is InChI=1S/C17H29NO2/c1-14(2)19-11-6-5-10-18-13-16-8-7-9-17(12-16)20-15(3)4/h7-9,12,14-15,18H,5-6,10-11,13H2,1-4H3. The lowest BCUT2D eigenvalue weighted by atomic mass is 10.2. The molecule has 0 bridgehead atoms. The van der Waals surface area contributed by atoms with Gasteiger partial charge in [0, 0.05) is 13.2 Å². The van der Waals surface area contributed by atoms with E-state index in [9.17, 15) is 0 Å². The maximum atomic E-state index is 5.69. The van der Waals surface area contributed by atoms with Crippen LogP contribution in [0.15, 0.2) is 24.3 Å². The van der Waals surface area contributed by atoms with E-state index < -0.39 is 0 Å². The maximum absolute atomic E-state index is 5.69. The van der Waals surface area contributed by atoms with Crippen molar-refractivity contribution in [1.82, 2.24) is 5.32 Å². The number of benzene rings is 1. The number of hydrogen-bond acceptors (Lipinski definition) is 3. The number of nitrogens with one attached hydrogen (secondary N) is 1. The lowest BCUT2D eigenvalue weighted by Crippen LogP contribution is -2.16. The van der Waals surface area contributed by atoms with Gasteiger partial charge in [0.05, 0.1) is 12.2 Å². The molecule has 0 aliphatic rings. The van der Waals surface area contributed by atoms with Crippen LogP contribution in [0.3, 0.4) is 0 Å². The minimum Gasteiger partial charge on any atom is -0.491 e. The van der Waals surface area contributed by atoms with E-state index in [4.69, 9.17) is 9.47 Å². The fraction of sp³-hybridized carbons (Fsp3) is 0.647. The molecule has 0 aromatic heterocycles. The summed E-state index contributed by atoms with van der Waals surface area (Å²) in [5.41, 5.74) is 1.27. The van der Waals surface area contributed by atoms with Crippen molar-refractivity contribution in [3.8, 4) is 5.75 Å². The van der Waals surface area contributed by atoms with Crippen molar-refractivity contribution in [3.63, 3.8) is 0 Å². The summed E-state index contributed by atoms with van der Waals surface area (Å²) in [5, 5.41) is 3.46. The highest BCUT2D eigenvalue weighted by atomic mass is 16.5. The van der Waals surface area contributed by atoms with Crippen molar-refractivity contribution in [2.75, 3.05) is 13.2 Å². The first kappa shape index (κ1) is 17.0. The maximum Gasteiger partial charge on any atom is 0.120 e. The van der Waals surface area contributed by atoms with Crippen LogP contribution in [0.5, 0.6) is 5.75 Å². The number of rotatable bonds is 10. The van der Waals surface area contributed by atoms with Gasteiger partial charge in [0.2, 0.25) is 0 Å². The first-order chi connectivity index (χ1) is 9.58. The molecule has 1 aromatic carbocycles. The lowest BCUT2D eigenvalue weighted by molar-refractivity contribution is 0.0760. The summed E-state index contributed by atoms with van der Waals surface area (Å²) in [6.45, 7) is 11.0. The quantitative estimate of drug-likeness (QED) is 0.661. The molecule has 0 heterocycles. The van der Waals surface area contributed by atoms with Crippen LogP contribution in [0.4, 0.5) is 0 Å². The second-order valence-corrected chi connectivity index (χ2v) is 5.62. The van der Waals surface area contributed by atoms with E-state index in [0.29, 0.717) is 6.10 Å². The van der Waals surface area contributed by atoms with Crippen molar-refractivity contribution < 1.29 is 9.47 Å². The normalized spacial score (nSPS) is 11.3. The zero-order valence-electron chi connectivity index (χ0n) is 13.3. The van der Waals surface area contributed by atoms with E-state index in [1.54, 1.807) is 0 Å². The summed E-state index contributed by atoms with van der Waals surface area (Å²) in [7, 11) is 0. The van der Waals surface area contributed by atoms with Gasteiger partial charge >= 0.3 is 0 Å². The van der Waals surface area contributed by atoms with Crippen molar-refractivity contribution in [3.05, 3.63) is 29.8 Å². The molecule has 3 nitrogen and oxygen atoms in total. The van der Waals surface area contributed by atoms with Gasteiger partial charge < -0.3 is 14.8 Å². The van der Waals surface area contributed by atoms with Gasteiger partial charge in [-0.3, -0.25) is 0 Å². The van der Waals surface area contributed by atoms with E-state index in [1.807, 2.05) is 26.0 Å². The molecule has 1 N–H and O–H groups in total. The van der Waals surface area contributed by atoms with Crippen LogP contribution in [0.25, 0.3) is 0 Å². The van der Waals surface area contributed by atoms with Gasteiger partial charge in [-0.25, -0.2) is 0 Å². The first-order valence-electron chi connectivity index (χ1n) is 7.66. The molecule has 1 rings (SSSR count). The Morgan fingerprint density at radius 1 is 1.05 bits per heavy atom. The summed E-state index contributed by atoms with van der Waals surface area (Å²) in [4.78, 5) is 0. The first-order valence-corrected chi connectivity index (χ1v) is 7.66. The fourth-order valence-corrected chi connectivity index (χ4v) is 1.90. The molecule has 0 spiro atoms. The summed E-state index contributed by atoms with van der Waals surface area (Å²) in [6, 6.07) is 8.29. The Balaban J connectivity index is 2.15. The lowest BCUT2D eigenvalue weighted by Gasteiger charge is -2.11. The van der Waals surface area contributed by atoms with Gasteiger partial charge in [-0.2, -0.15) is 0 Å². The predicted octanol–water partition coefficient (Wildman–Crippen LogP) is 3.77. The molecule has 0 saturated carbocycles. The molecule has 0 amide bonds. The molecule has 0 aliphatic carbocycles. The smallest absolute Gasteiger partial charge is 0.120 e. The highest BCUT2D eigenvalue weighted by Crippen LogP contribution is 2.14. The highest BCUT2D eigenvalue weighted by Gasteiger charge is 1.99. The molecule has 0 radical (unpaired) electrons. The van der Waals surface area contributed by atoms with Crippen LogP contribution < -0.4 is 10.1 Å². The molecule has 0 saturated heterocycles. The van der Waals surface area contributed by atoms with Gasteiger partial charge in [-0.1, -0.05) is 12.1 Å². The SMILES string of the molecule is CC(C)OCCCCNCc1cccc(OC(C)C)c1. The van der Waals surface area contributed by atoms with Crippen molar-refractivity contribution in [1.29, 1.82) is 0 Å². The average molecular weight is 279 g/mol. The molecular weight excluding hydrogens is 250 g/mol. The van der Waals surface area contributed by atoms with Gasteiger partial charge in [-0.15, -0.1) is 0 Å². The Morgan fingerprint density at radius 3 is 2.55 bits per heavy atom. The third-order valence-electron chi connectivity index (χ3n) is 2.80. The highest BCUT2D eigenvalue weighted by molar-refractivity contribution is 5.28. The summed E-state index contributed by atoms with van der Waals surface area (Å²) < 4.78 is 11.2. The Bertz CT molecular complexity index is 364. The predicted molar refractivity (Wildman–Crippen MR) is 84.2 cm³/mol. The topological polar surface area (TPSA) is 30.5 Å². The van der Waals surface area contributed by atoms with E-state index in [0.717, 1.165) is 38.3 Å². The average Bonchev–Trinajstić information content (AvgIpc) is 2.37. The third kappa shape index (κ3) is 8.18. The van der Waals surface area contributed by atoms with Gasteiger partial charge in [0.25, 0.3) is 0 Å². The Morgan fingerprint density at radius 2 is 1.85 bits per heavy atom. The van der Waals surface area contributed by atoms with E-state index in [2.05, 4.69) is 31.3 Å². The molecule has 0 atom stereocenters. The molecule has 0 fully saturated rings. The minimum atomic E-state index is 0.221. The number of hydrogen-bond donors (Lipinski definition) is 1. The van der Waals surface area contributed by atoms with E-state index in [1.165, 1.54) is 5.56 Å². The second kappa shape index (κ2) is 9.78. The van der Waals surface area contributed by atoms with Crippen LogP contribution in [0.1, 0.15) is 46.1 Å². The van der Waals surface area contributed by atoms with Crippen LogP contribution in [-0.4, -0.2) is 25.4 Å². The zero-order chi connectivity index (χ0) is 14.8. The van der Waals surface area contributed by atoms with Gasteiger partial charge in [-0.05, 0) is 64.8 Å². The molecule has 0 unspecified atom stereocenters. The van der Waals surface area contributed by atoms with Crippen molar-refractivity contribution in [2.24, 2.45) is 0 Å². The van der Waals surface area contributed by atoms with Crippen LogP contribution in [0.2, 0.25) is 0 Å². The Kier molecular flexibility index (Phi) is 8.31. The Hall–Kier alpha value is -1.06. The number of ether oxygens (including phenoxy) is 2. The van der Waals surface area contributed by atoms with E-state index >= 15 is 0 Å². The van der Waals surface area contributed by atoms with E-state index in [-0.39, 0.29) is 6.10 Å². The summed E-state index contributed by atoms with van der Waals surface area (Å²) >= 11 is 0. The van der Waals surface area contributed by atoms with Gasteiger partial charge in [0.15, 0.2) is 0 Å². The second-order valence-electron chi connectivity index (χ2n) is 5.62. The molecular formula is C17H29NO2. The van der Waals surface area contributed by atoms with Crippen molar-refractivity contribution >= 4 is 0 Å². The molecule has 114 valence electrons. The molecule has 0 aliphatic heterocycles. The van der Waals surface area contributed by atoms with Crippen molar-refractivity contribution in [2.45, 2.75) is 59.3 Å². The van der Waals surface area contributed by atoms with Crippen LogP contribution in [0, 0.1) is 0 Å². The van der Waals surface area contributed by atoms with Gasteiger partial charge in [0.1, 0.15) is 5.75 Å². The zero-order valence-corrected chi connectivity index (χ0v) is 13.3. The summed E-state index contributed by atoms with van der Waals surface area (Å²) in [6.07, 6.45) is 2.82. The van der Waals surface area contributed by atoms with Crippen LogP contribution in [-0.2, 0) is 11.3 Å². The largest absolute Gasteiger partial charge is 0.491 e. The molecule has 3 heteroatoms. The molecule has 20 heavy (non-hydrogen) atoms. The fourth-order valence-electron chi connectivity index (χ4n) is 1.90. The minimum absolute atomic E-state index is 0.221. The number of unbranched alkanes of at least 4 members (excludes halogenated alkanes) is 1. The summed E-state index contributed by atoms with van der Waals surface area (Å²) in [5.74, 6) is 0.949.